The molecular weight excluding hydrogens is 500 g/mol. The fourth-order valence-electron chi connectivity index (χ4n) is 4.69. The van der Waals surface area contributed by atoms with Crippen molar-refractivity contribution in [1.29, 1.82) is 0 Å². The van der Waals surface area contributed by atoms with E-state index in [1.54, 1.807) is 0 Å². The minimum atomic E-state index is -0.384. The van der Waals surface area contributed by atoms with Gasteiger partial charge in [-0.15, -0.1) is 0 Å². The summed E-state index contributed by atoms with van der Waals surface area (Å²) in [5, 5.41) is 6.76. The summed E-state index contributed by atoms with van der Waals surface area (Å²) in [6.07, 6.45) is 0.643. The molecule has 0 fully saturated rings. The lowest BCUT2D eigenvalue weighted by Crippen LogP contribution is -2.51. The van der Waals surface area contributed by atoms with Gasteiger partial charge in [0, 0.05) is 46.6 Å². The second-order valence-electron chi connectivity index (χ2n) is 16.6. The van der Waals surface area contributed by atoms with Crippen molar-refractivity contribution in [2.24, 2.45) is 34.5 Å². The number of nitrogens with one attached hydrogen (secondary N) is 2. The summed E-state index contributed by atoms with van der Waals surface area (Å²) in [6, 6.07) is -0.379. The summed E-state index contributed by atoms with van der Waals surface area (Å²) in [5.41, 5.74) is -0.987. The molecule has 0 saturated heterocycles. The zero-order valence-corrected chi connectivity index (χ0v) is 29.5. The second-order valence-corrected chi connectivity index (χ2v) is 16.6. The van der Waals surface area contributed by atoms with E-state index in [9.17, 15) is 19.2 Å². The average molecular weight is 567 g/mol. The standard InChI is InChI=1S/2C17H33NO2/c2*1-11(2)14(18-17(7,8)9)13(19)10-12(3)15(20)16(4,5)6/h2*11-12,14,18H,10H2,1-9H3. The first-order valence-corrected chi connectivity index (χ1v) is 15.2. The molecule has 0 aliphatic carbocycles. The summed E-state index contributed by atoms with van der Waals surface area (Å²) in [7, 11) is 0. The maximum Gasteiger partial charge on any atom is 0.150 e. The fourth-order valence-corrected chi connectivity index (χ4v) is 4.69. The summed E-state index contributed by atoms with van der Waals surface area (Å²) in [5.74, 6) is 0.599. The monoisotopic (exact) mass is 567 g/mol. The summed E-state index contributed by atoms with van der Waals surface area (Å²) in [6.45, 7) is 35.6. The van der Waals surface area contributed by atoms with Crippen LogP contribution in [0.1, 0.15) is 137 Å². The van der Waals surface area contributed by atoms with Gasteiger partial charge in [0.25, 0.3) is 0 Å². The molecule has 4 unspecified atom stereocenters. The lowest BCUT2D eigenvalue weighted by molar-refractivity contribution is -0.134. The van der Waals surface area contributed by atoms with Gasteiger partial charge in [0.2, 0.25) is 0 Å². The SMILES string of the molecule is CC(CC(=O)C(NC(C)(C)C)C(C)C)C(=O)C(C)(C)C.CC(CC(=O)C(NC(C)(C)C)C(C)C)C(=O)C(C)(C)C. The van der Waals surface area contributed by atoms with E-state index in [4.69, 9.17) is 0 Å². The van der Waals surface area contributed by atoms with Crippen molar-refractivity contribution in [1.82, 2.24) is 10.6 Å². The van der Waals surface area contributed by atoms with Crippen LogP contribution in [0.4, 0.5) is 0 Å². The van der Waals surface area contributed by atoms with Gasteiger partial charge in [0.05, 0.1) is 12.1 Å². The molecule has 0 spiro atoms. The van der Waals surface area contributed by atoms with Crippen LogP contribution in [0.25, 0.3) is 0 Å². The molecule has 0 rings (SSSR count). The minimum absolute atomic E-state index is 0.109. The van der Waals surface area contributed by atoms with Gasteiger partial charge < -0.3 is 10.6 Å². The van der Waals surface area contributed by atoms with E-state index in [2.05, 4.69) is 52.2 Å². The Balaban J connectivity index is 0. The van der Waals surface area contributed by atoms with E-state index in [0.29, 0.717) is 12.8 Å². The predicted octanol–water partition coefficient (Wildman–Crippen LogP) is 7.22. The number of hydrogen-bond acceptors (Lipinski definition) is 6. The highest BCUT2D eigenvalue weighted by atomic mass is 16.1. The maximum atomic E-state index is 12.5. The van der Waals surface area contributed by atoms with Crippen LogP contribution in [0.15, 0.2) is 0 Å². The largest absolute Gasteiger partial charge is 0.303 e. The third-order valence-corrected chi connectivity index (χ3v) is 6.59. The molecule has 0 aromatic heterocycles. The van der Waals surface area contributed by atoms with E-state index in [1.165, 1.54) is 0 Å². The van der Waals surface area contributed by atoms with Crippen LogP contribution < -0.4 is 10.6 Å². The van der Waals surface area contributed by atoms with Gasteiger partial charge in [-0.2, -0.15) is 0 Å². The maximum absolute atomic E-state index is 12.5. The molecule has 0 heterocycles. The molecule has 0 aromatic rings. The Morgan fingerprint density at radius 2 is 0.700 bits per heavy atom. The number of Topliss-reactive ketones (excluding diaryl/α,β-unsaturated/α-hetero) is 4. The highest BCUT2D eigenvalue weighted by molar-refractivity contribution is 5.93. The molecule has 40 heavy (non-hydrogen) atoms. The van der Waals surface area contributed by atoms with E-state index in [0.717, 1.165) is 0 Å². The lowest BCUT2D eigenvalue weighted by atomic mass is 9.80. The van der Waals surface area contributed by atoms with E-state index >= 15 is 0 Å². The average Bonchev–Trinajstić information content (AvgIpc) is 2.71. The molecular formula is C34H66N2O4. The van der Waals surface area contributed by atoms with Crippen LogP contribution in [0.2, 0.25) is 0 Å². The second kappa shape index (κ2) is 15.7. The first-order chi connectivity index (χ1) is 17.5. The van der Waals surface area contributed by atoms with E-state index < -0.39 is 0 Å². The number of ketones is 4. The highest BCUT2D eigenvalue weighted by Crippen LogP contribution is 2.25. The molecule has 0 radical (unpaired) electrons. The molecule has 0 saturated carbocycles. The van der Waals surface area contributed by atoms with Crippen LogP contribution in [0.3, 0.4) is 0 Å². The summed E-state index contributed by atoms with van der Waals surface area (Å²) in [4.78, 5) is 49.4. The topological polar surface area (TPSA) is 92.3 Å². The lowest BCUT2D eigenvalue weighted by Gasteiger charge is -2.31. The zero-order valence-electron chi connectivity index (χ0n) is 29.5. The molecule has 6 heteroatoms. The fraction of sp³-hybridized carbons (Fsp3) is 0.882. The Labute approximate surface area is 248 Å². The molecule has 4 atom stereocenters. The van der Waals surface area contributed by atoms with Crippen molar-refractivity contribution in [2.45, 2.75) is 161 Å². The van der Waals surface area contributed by atoms with Gasteiger partial charge in [-0.1, -0.05) is 83.1 Å². The number of carbonyl (C=O) groups is 4. The molecule has 236 valence electrons. The van der Waals surface area contributed by atoms with Gasteiger partial charge in [-0.3, -0.25) is 19.2 Å². The normalized spacial score (nSPS) is 16.1. The summed E-state index contributed by atoms with van der Waals surface area (Å²) >= 11 is 0. The van der Waals surface area contributed by atoms with Crippen LogP contribution in [-0.4, -0.2) is 46.3 Å². The Morgan fingerprint density at radius 3 is 0.850 bits per heavy atom. The van der Waals surface area contributed by atoms with Crippen molar-refractivity contribution < 1.29 is 19.2 Å². The predicted molar refractivity (Wildman–Crippen MR) is 170 cm³/mol. The van der Waals surface area contributed by atoms with E-state index in [-0.39, 0.29) is 80.8 Å². The van der Waals surface area contributed by atoms with Gasteiger partial charge >= 0.3 is 0 Å². The van der Waals surface area contributed by atoms with Crippen molar-refractivity contribution in [2.75, 3.05) is 0 Å². The van der Waals surface area contributed by atoms with Gasteiger partial charge in [-0.05, 0) is 53.4 Å². The smallest absolute Gasteiger partial charge is 0.150 e. The molecule has 0 amide bonds. The molecule has 0 aliphatic rings. The summed E-state index contributed by atoms with van der Waals surface area (Å²) < 4.78 is 0. The van der Waals surface area contributed by atoms with Crippen molar-refractivity contribution in [3.63, 3.8) is 0 Å². The number of rotatable bonds is 12. The Morgan fingerprint density at radius 1 is 0.475 bits per heavy atom. The van der Waals surface area contributed by atoms with Crippen LogP contribution >= 0.6 is 0 Å². The Bertz CT molecular complexity index is 760. The molecule has 2 N–H and O–H groups in total. The van der Waals surface area contributed by atoms with Gasteiger partial charge in [-0.25, -0.2) is 0 Å². The third-order valence-electron chi connectivity index (χ3n) is 6.59. The first kappa shape index (κ1) is 40.7. The van der Waals surface area contributed by atoms with E-state index in [1.807, 2.05) is 83.1 Å². The molecule has 0 bridgehead atoms. The highest BCUT2D eigenvalue weighted by Gasteiger charge is 2.33. The van der Waals surface area contributed by atoms with Gasteiger partial charge in [0.15, 0.2) is 11.6 Å². The quantitative estimate of drug-likeness (QED) is 0.259. The molecule has 0 aromatic carbocycles. The van der Waals surface area contributed by atoms with Crippen LogP contribution in [0.5, 0.6) is 0 Å². The van der Waals surface area contributed by atoms with Crippen LogP contribution in [-0.2, 0) is 19.2 Å². The van der Waals surface area contributed by atoms with Crippen LogP contribution in [0, 0.1) is 34.5 Å². The van der Waals surface area contributed by atoms with Crippen molar-refractivity contribution in [3.8, 4) is 0 Å². The number of carbonyl (C=O) groups excluding carboxylic acids is 4. The Hall–Kier alpha value is -1.40. The van der Waals surface area contributed by atoms with Crippen molar-refractivity contribution in [3.05, 3.63) is 0 Å². The third kappa shape index (κ3) is 16.8. The van der Waals surface area contributed by atoms with Gasteiger partial charge in [0.1, 0.15) is 11.6 Å². The number of hydrogen-bond donors (Lipinski definition) is 2. The Kier molecular flexibility index (Phi) is 16.0. The first-order valence-electron chi connectivity index (χ1n) is 15.2. The molecule has 6 nitrogen and oxygen atoms in total. The zero-order chi connectivity index (χ0) is 32.6. The molecule has 0 aliphatic heterocycles. The van der Waals surface area contributed by atoms with Crippen molar-refractivity contribution >= 4 is 23.1 Å². The minimum Gasteiger partial charge on any atom is -0.303 e.